The molecule has 1 heterocycles. The second-order valence-corrected chi connectivity index (χ2v) is 6.76. The van der Waals surface area contributed by atoms with Gasteiger partial charge in [-0.3, -0.25) is 9.59 Å². The van der Waals surface area contributed by atoms with Gasteiger partial charge in [0.1, 0.15) is 0 Å². The van der Waals surface area contributed by atoms with Gasteiger partial charge in [-0.25, -0.2) is 0 Å². The fourth-order valence-electron chi connectivity index (χ4n) is 3.30. The third-order valence-corrected chi connectivity index (χ3v) is 5.05. The SMILES string of the molecule is CCN1CCN(C(=O)CCNC(=O)c2ccc(-c3ccccc3)cc2)CC1. The van der Waals surface area contributed by atoms with Crippen LogP contribution in [0.15, 0.2) is 54.6 Å². The smallest absolute Gasteiger partial charge is 0.251 e. The highest BCUT2D eigenvalue weighted by Gasteiger charge is 2.19. The highest BCUT2D eigenvalue weighted by molar-refractivity contribution is 5.94. The Labute approximate surface area is 161 Å². The summed E-state index contributed by atoms with van der Waals surface area (Å²) in [5.41, 5.74) is 2.81. The van der Waals surface area contributed by atoms with Crippen LogP contribution in [-0.2, 0) is 4.79 Å². The van der Waals surface area contributed by atoms with Crippen molar-refractivity contribution in [3.05, 3.63) is 60.2 Å². The van der Waals surface area contributed by atoms with Crippen LogP contribution >= 0.6 is 0 Å². The molecule has 2 aromatic rings. The lowest BCUT2D eigenvalue weighted by molar-refractivity contribution is -0.132. The average molecular weight is 365 g/mol. The van der Waals surface area contributed by atoms with Gasteiger partial charge in [0.25, 0.3) is 5.91 Å². The summed E-state index contributed by atoms with van der Waals surface area (Å²) in [6, 6.07) is 17.6. The molecule has 1 N–H and O–H groups in total. The molecule has 0 bridgehead atoms. The molecule has 0 atom stereocenters. The normalized spacial score (nSPS) is 14.8. The molecule has 1 aliphatic heterocycles. The number of carbonyl (C=O) groups excluding carboxylic acids is 2. The molecular formula is C22H27N3O2. The maximum absolute atomic E-state index is 12.3. The Hall–Kier alpha value is -2.66. The van der Waals surface area contributed by atoms with Gasteiger partial charge in [0.2, 0.25) is 5.91 Å². The Kier molecular flexibility index (Phi) is 6.60. The zero-order valence-electron chi connectivity index (χ0n) is 15.9. The number of benzene rings is 2. The third-order valence-electron chi connectivity index (χ3n) is 5.05. The van der Waals surface area contributed by atoms with E-state index in [1.807, 2.05) is 59.5 Å². The molecule has 5 nitrogen and oxygen atoms in total. The van der Waals surface area contributed by atoms with Gasteiger partial charge in [-0.05, 0) is 29.8 Å². The Balaban J connectivity index is 1.45. The molecule has 2 amide bonds. The summed E-state index contributed by atoms with van der Waals surface area (Å²) in [5.74, 6) is -0.0244. The van der Waals surface area contributed by atoms with E-state index in [-0.39, 0.29) is 11.8 Å². The zero-order chi connectivity index (χ0) is 19.1. The molecule has 0 radical (unpaired) electrons. The van der Waals surface area contributed by atoms with Crippen molar-refractivity contribution < 1.29 is 9.59 Å². The minimum atomic E-state index is -0.141. The van der Waals surface area contributed by atoms with Crippen molar-refractivity contribution in [2.75, 3.05) is 39.3 Å². The minimum Gasteiger partial charge on any atom is -0.352 e. The van der Waals surface area contributed by atoms with Gasteiger partial charge in [-0.15, -0.1) is 0 Å². The van der Waals surface area contributed by atoms with Crippen LogP contribution in [0, 0.1) is 0 Å². The van der Waals surface area contributed by atoms with E-state index >= 15 is 0 Å². The Morgan fingerprint density at radius 1 is 0.889 bits per heavy atom. The molecule has 1 aliphatic rings. The minimum absolute atomic E-state index is 0.116. The van der Waals surface area contributed by atoms with Crippen LogP contribution in [0.3, 0.4) is 0 Å². The van der Waals surface area contributed by atoms with Crippen molar-refractivity contribution in [2.45, 2.75) is 13.3 Å². The highest BCUT2D eigenvalue weighted by Crippen LogP contribution is 2.19. The number of carbonyl (C=O) groups is 2. The van der Waals surface area contributed by atoms with E-state index in [0.29, 0.717) is 18.5 Å². The van der Waals surface area contributed by atoms with Crippen molar-refractivity contribution >= 4 is 11.8 Å². The number of hydrogen-bond donors (Lipinski definition) is 1. The molecule has 1 fully saturated rings. The molecule has 0 aromatic heterocycles. The van der Waals surface area contributed by atoms with Crippen LogP contribution in [0.5, 0.6) is 0 Å². The van der Waals surface area contributed by atoms with Crippen LogP contribution in [0.4, 0.5) is 0 Å². The van der Waals surface area contributed by atoms with E-state index in [0.717, 1.165) is 43.9 Å². The second kappa shape index (κ2) is 9.33. The average Bonchev–Trinajstić information content (AvgIpc) is 2.74. The van der Waals surface area contributed by atoms with Crippen LogP contribution in [0.2, 0.25) is 0 Å². The Morgan fingerprint density at radius 3 is 2.15 bits per heavy atom. The summed E-state index contributed by atoms with van der Waals surface area (Å²) >= 11 is 0. The maximum Gasteiger partial charge on any atom is 0.251 e. The molecule has 2 aromatic carbocycles. The van der Waals surface area contributed by atoms with Gasteiger partial charge in [0.15, 0.2) is 0 Å². The van der Waals surface area contributed by atoms with Gasteiger partial charge in [-0.1, -0.05) is 49.4 Å². The quantitative estimate of drug-likeness (QED) is 0.856. The van der Waals surface area contributed by atoms with Crippen molar-refractivity contribution in [3.8, 4) is 11.1 Å². The number of nitrogens with zero attached hydrogens (tertiary/aromatic N) is 2. The standard InChI is InChI=1S/C22H27N3O2/c1-2-24-14-16-25(17-15-24)21(26)12-13-23-22(27)20-10-8-19(9-11-20)18-6-4-3-5-7-18/h3-11H,2,12-17H2,1H3,(H,23,27). The van der Waals surface area contributed by atoms with Crippen molar-refractivity contribution in [1.29, 1.82) is 0 Å². The van der Waals surface area contributed by atoms with E-state index < -0.39 is 0 Å². The van der Waals surface area contributed by atoms with E-state index in [9.17, 15) is 9.59 Å². The molecule has 0 spiro atoms. The number of amides is 2. The lowest BCUT2D eigenvalue weighted by Gasteiger charge is -2.34. The second-order valence-electron chi connectivity index (χ2n) is 6.76. The first-order valence-corrected chi connectivity index (χ1v) is 9.61. The lowest BCUT2D eigenvalue weighted by atomic mass is 10.0. The number of piperazine rings is 1. The van der Waals surface area contributed by atoms with Crippen molar-refractivity contribution in [3.63, 3.8) is 0 Å². The predicted octanol–water partition coefficient (Wildman–Crippen LogP) is 2.64. The van der Waals surface area contributed by atoms with Gasteiger partial charge < -0.3 is 15.1 Å². The first-order valence-electron chi connectivity index (χ1n) is 9.61. The van der Waals surface area contributed by atoms with Crippen LogP contribution < -0.4 is 5.32 Å². The molecule has 0 aliphatic carbocycles. The van der Waals surface area contributed by atoms with Crippen LogP contribution in [-0.4, -0.2) is 60.9 Å². The van der Waals surface area contributed by atoms with Gasteiger partial charge in [-0.2, -0.15) is 0 Å². The zero-order valence-corrected chi connectivity index (χ0v) is 15.9. The number of nitrogens with one attached hydrogen (secondary N) is 1. The van der Waals surface area contributed by atoms with E-state index in [2.05, 4.69) is 17.1 Å². The van der Waals surface area contributed by atoms with E-state index in [1.165, 1.54) is 0 Å². The first kappa shape index (κ1) is 19.1. The fraction of sp³-hybridized carbons (Fsp3) is 0.364. The van der Waals surface area contributed by atoms with Gasteiger partial charge in [0, 0.05) is 44.7 Å². The number of hydrogen-bond acceptors (Lipinski definition) is 3. The van der Waals surface area contributed by atoms with E-state index in [1.54, 1.807) is 0 Å². The summed E-state index contributed by atoms with van der Waals surface area (Å²) < 4.78 is 0. The maximum atomic E-state index is 12.3. The Bertz CT molecular complexity index is 751. The van der Waals surface area contributed by atoms with Gasteiger partial charge >= 0.3 is 0 Å². The molecule has 1 saturated heterocycles. The molecule has 27 heavy (non-hydrogen) atoms. The summed E-state index contributed by atoms with van der Waals surface area (Å²) in [7, 11) is 0. The molecule has 0 unspecified atom stereocenters. The fourth-order valence-corrected chi connectivity index (χ4v) is 3.30. The molecule has 0 saturated carbocycles. The molecule has 3 rings (SSSR count). The van der Waals surface area contributed by atoms with Crippen molar-refractivity contribution in [2.24, 2.45) is 0 Å². The highest BCUT2D eigenvalue weighted by atomic mass is 16.2. The molecule has 142 valence electrons. The van der Waals surface area contributed by atoms with Crippen molar-refractivity contribution in [1.82, 2.24) is 15.1 Å². The monoisotopic (exact) mass is 365 g/mol. The summed E-state index contributed by atoms with van der Waals surface area (Å²) in [4.78, 5) is 28.8. The third kappa shape index (κ3) is 5.17. The summed E-state index contributed by atoms with van der Waals surface area (Å²) in [5, 5.41) is 2.85. The first-order chi connectivity index (χ1) is 13.2. The Morgan fingerprint density at radius 2 is 1.52 bits per heavy atom. The largest absolute Gasteiger partial charge is 0.352 e. The predicted molar refractivity (Wildman–Crippen MR) is 108 cm³/mol. The number of rotatable bonds is 6. The van der Waals surface area contributed by atoms with Crippen LogP contribution in [0.25, 0.3) is 11.1 Å². The van der Waals surface area contributed by atoms with E-state index in [4.69, 9.17) is 0 Å². The topological polar surface area (TPSA) is 52.6 Å². The van der Waals surface area contributed by atoms with Gasteiger partial charge in [0.05, 0.1) is 0 Å². The summed E-state index contributed by atoms with van der Waals surface area (Å²) in [6.45, 7) is 6.96. The molecular weight excluding hydrogens is 338 g/mol. The lowest BCUT2D eigenvalue weighted by Crippen LogP contribution is -2.49. The van der Waals surface area contributed by atoms with Crippen LogP contribution in [0.1, 0.15) is 23.7 Å². The number of likely N-dealkylation sites (N-methyl/N-ethyl adjacent to an activating group) is 1. The molecule has 5 heteroatoms. The summed E-state index contributed by atoms with van der Waals surface area (Å²) in [6.07, 6.45) is 0.347.